The summed E-state index contributed by atoms with van der Waals surface area (Å²) in [5.74, 6) is -0.0728. The molecule has 0 spiro atoms. The quantitative estimate of drug-likeness (QED) is 0.677. The van der Waals surface area contributed by atoms with Gasteiger partial charge in [-0.3, -0.25) is 9.59 Å². The molecule has 6 nitrogen and oxygen atoms in total. The lowest BCUT2D eigenvalue weighted by Crippen LogP contribution is -2.50. The lowest BCUT2D eigenvalue weighted by Gasteiger charge is -2.32. The number of carboxylic acids is 1. The highest BCUT2D eigenvalue weighted by Gasteiger charge is 2.32. The van der Waals surface area contributed by atoms with Crippen molar-refractivity contribution in [3.8, 4) is 11.5 Å². The molecule has 0 aromatic heterocycles. The average Bonchev–Trinajstić information content (AvgIpc) is 2.60. The lowest BCUT2D eigenvalue weighted by atomic mass is 9.87. The van der Waals surface area contributed by atoms with E-state index in [4.69, 9.17) is 14.6 Å². The number of benzene rings is 1. The summed E-state index contributed by atoms with van der Waals surface area (Å²) < 4.78 is 10.5. The fourth-order valence-corrected chi connectivity index (χ4v) is 2.85. The number of methoxy groups -OCH3 is 2. The summed E-state index contributed by atoms with van der Waals surface area (Å²) in [7, 11) is 3.14. The largest absolute Gasteiger partial charge is 0.493 e. The maximum Gasteiger partial charge on any atom is 0.305 e. The van der Waals surface area contributed by atoms with Gasteiger partial charge < -0.3 is 19.9 Å². The highest BCUT2D eigenvalue weighted by Crippen LogP contribution is 2.29. The van der Waals surface area contributed by atoms with Crippen LogP contribution in [0.1, 0.15) is 45.6 Å². The van der Waals surface area contributed by atoms with Crippen LogP contribution in [-0.4, -0.2) is 36.7 Å². The predicted octanol–water partition coefficient (Wildman–Crippen LogP) is 3.03. The monoisotopic (exact) mass is 351 g/mol. The van der Waals surface area contributed by atoms with Crippen LogP contribution < -0.4 is 14.8 Å². The van der Waals surface area contributed by atoms with Gasteiger partial charge in [0.1, 0.15) is 0 Å². The van der Waals surface area contributed by atoms with Gasteiger partial charge in [0, 0.05) is 11.5 Å². The van der Waals surface area contributed by atoms with Crippen molar-refractivity contribution < 1.29 is 24.2 Å². The molecule has 140 valence electrons. The molecule has 1 rings (SSSR count). The van der Waals surface area contributed by atoms with E-state index < -0.39 is 11.5 Å². The smallest absolute Gasteiger partial charge is 0.305 e. The van der Waals surface area contributed by atoms with E-state index in [0.717, 1.165) is 5.56 Å². The van der Waals surface area contributed by atoms with E-state index in [9.17, 15) is 9.59 Å². The zero-order valence-corrected chi connectivity index (χ0v) is 15.7. The maximum absolute atomic E-state index is 12.6. The molecule has 0 aliphatic carbocycles. The second-order valence-electron chi connectivity index (χ2n) is 6.34. The molecule has 0 fully saturated rings. The summed E-state index contributed by atoms with van der Waals surface area (Å²) in [6.07, 6.45) is 1.60. The molecule has 1 amide bonds. The van der Waals surface area contributed by atoms with Crippen molar-refractivity contribution in [2.45, 2.75) is 52.0 Å². The molecule has 25 heavy (non-hydrogen) atoms. The van der Waals surface area contributed by atoms with E-state index in [1.54, 1.807) is 14.2 Å². The first-order valence-corrected chi connectivity index (χ1v) is 8.55. The number of carbonyl (C=O) groups is 2. The van der Waals surface area contributed by atoms with Gasteiger partial charge in [0.25, 0.3) is 0 Å². The van der Waals surface area contributed by atoms with Crippen LogP contribution in [0.15, 0.2) is 18.2 Å². The van der Waals surface area contributed by atoms with Gasteiger partial charge in [-0.05, 0) is 37.0 Å². The number of hydrogen-bond acceptors (Lipinski definition) is 4. The number of carbonyl (C=O) groups excluding carboxylic acids is 1. The Balaban J connectivity index is 2.84. The first-order valence-electron chi connectivity index (χ1n) is 8.55. The van der Waals surface area contributed by atoms with Crippen molar-refractivity contribution in [3.05, 3.63) is 23.8 Å². The van der Waals surface area contributed by atoms with Crippen molar-refractivity contribution in [2.75, 3.05) is 14.2 Å². The van der Waals surface area contributed by atoms with Crippen LogP contribution in [-0.2, 0) is 16.0 Å². The van der Waals surface area contributed by atoms with Crippen molar-refractivity contribution in [2.24, 2.45) is 5.92 Å². The minimum absolute atomic E-state index is 0.0746. The Morgan fingerprint density at radius 2 is 1.76 bits per heavy atom. The second kappa shape index (κ2) is 9.30. The standard InChI is InChI=1S/C19H29NO5/c1-6-19(7-2,12-17(21)22)20-18(23)13(3)10-14-8-9-15(24-4)16(11-14)25-5/h8-9,11,13H,6-7,10,12H2,1-5H3,(H,20,23)(H,21,22). The number of hydrogen-bond donors (Lipinski definition) is 2. The van der Waals surface area contributed by atoms with Crippen molar-refractivity contribution in [1.82, 2.24) is 5.32 Å². The molecule has 1 atom stereocenters. The molecule has 1 aromatic carbocycles. The van der Waals surface area contributed by atoms with Crippen LogP contribution in [0.4, 0.5) is 0 Å². The molecule has 0 saturated carbocycles. The summed E-state index contributed by atoms with van der Waals surface area (Å²) in [5.41, 5.74) is 0.256. The topological polar surface area (TPSA) is 84.9 Å². The molecular weight excluding hydrogens is 322 g/mol. The Morgan fingerprint density at radius 3 is 2.24 bits per heavy atom. The Labute approximate surface area is 149 Å². The van der Waals surface area contributed by atoms with Gasteiger partial charge in [-0.1, -0.05) is 26.8 Å². The first-order chi connectivity index (χ1) is 11.8. The third kappa shape index (κ3) is 5.66. The van der Waals surface area contributed by atoms with Gasteiger partial charge in [-0.15, -0.1) is 0 Å². The van der Waals surface area contributed by atoms with E-state index in [1.807, 2.05) is 39.0 Å². The molecule has 1 aromatic rings. The Kier molecular flexibility index (Phi) is 7.74. The molecule has 0 radical (unpaired) electrons. The molecule has 0 aliphatic heterocycles. The highest BCUT2D eigenvalue weighted by molar-refractivity contribution is 5.80. The first kappa shape index (κ1) is 20.8. The van der Waals surface area contributed by atoms with E-state index in [2.05, 4.69) is 5.32 Å². The highest BCUT2D eigenvalue weighted by atomic mass is 16.5. The number of aliphatic carboxylic acids is 1. The van der Waals surface area contributed by atoms with E-state index in [1.165, 1.54) is 0 Å². The van der Waals surface area contributed by atoms with Crippen molar-refractivity contribution in [3.63, 3.8) is 0 Å². The zero-order valence-electron chi connectivity index (χ0n) is 15.7. The number of rotatable bonds is 10. The molecular formula is C19H29NO5. The summed E-state index contributed by atoms with van der Waals surface area (Å²) in [6, 6.07) is 5.56. The van der Waals surface area contributed by atoms with Gasteiger partial charge in [0.05, 0.1) is 20.6 Å². The molecule has 1 unspecified atom stereocenters. The van der Waals surface area contributed by atoms with Crippen LogP contribution in [0.3, 0.4) is 0 Å². The summed E-state index contributed by atoms with van der Waals surface area (Å²) >= 11 is 0. The second-order valence-corrected chi connectivity index (χ2v) is 6.34. The number of nitrogens with one attached hydrogen (secondary N) is 1. The van der Waals surface area contributed by atoms with Crippen LogP contribution in [0.5, 0.6) is 11.5 Å². The van der Waals surface area contributed by atoms with Gasteiger partial charge in [-0.25, -0.2) is 0 Å². The van der Waals surface area contributed by atoms with E-state index >= 15 is 0 Å². The van der Waals surface area contributed by atoms with E-state index in [-0.39, 0.29) is 18.2 Å². The Morgan fingerprint density at radius 1 is 1.16 bits per heavy atom. The minimum Gasteiger partial charge on any atom is -0.493 e. The van der Waals surface area contributed by atoms with Crippen LogP contribution in [0, 0.1) is 5.92 Å². The van der Waals surface area contributed by atoms with Gasteiger partial charge in [0.15, 0.2) is 11.5 Å². The van der Waals surface area contributed by atoms with Gasteiger partial charge in [-0.2, -0.15) is 0 Å². The molecule has 2 N–H and O–H groups in total. The molecule has 0 bridgehead atoms. The van der Waals surface area contributed by atoms with Crippen LogP contribution >= 0.6 is 0 Å². The van der Waals surface area contributed by atoms with Gasteiger partial charge >= 0.3 is 5.97 Å². The maximum atomic E-state index is 12.6. The molecule has 0 aliphatic rings. The number of ether oxygens (including phenoxy) is 2. The van der Waals surface area contributed by atoms with Crippen molar-refractivity contribution in [1.29, 1.82) is 0 Å². The number of amides is 1. The van der Waals surface area contributed by atoms with E-state index in [0.29, 0.717) is 30.8 Å². The summed E-state index contributed by atoms with van der Waals surface area (Å²) in [6.45, 7) is 5.63. The van der Waals surface area contributed by atoms with Crippen LogP contribution in [0.2, 0.25) is 0 Å². The predicted molar refractivity (Wildman–Crippen MR) is 96.1 cm³/mol. The number of carboxylic acid groups (broad SMARTS) is 1. The fraction of sp³-hybridized carbons (Fsp3) is 0.579. The normalized spacial score (nSPS) is 12.4. The third-order valence-corrected chi connectivity index (χ3v) is 4.67. The lowest BCUT2D eigenvalue weighted by molar-refractivity contribution is -0.139. The fourth-order valence-electron chi connectivity index (χ4n) is 2.85. The molecule has 0 heterocycles. The third-order valence-electron chi connectivity index (χ3n) is 4.67. The van der Waals surface area contributed by atoms with Crippen LogP contribution in [0.25, 0.3) is 0 Å². The summed E-state index contributed by atoms with van der Waals surface area (Å²) in [5, 5.41) is 12.1. The molecule has 6 heteroatoms. The minimum atomic E-state index is -0.906. The Bertz CT molecular complexity index is 595. The van der Waals surface area contributed by atoms with Crippen molar-refractivity contribution >= 4 is 11.9 Å². The zero-order chi connectivity index (χ0) is 19.0. The SMILES string of the molecule is CCC(CC)(CC(=O)O)NC(=O)C(C)Cc1ccc(OC)c(OC)c1. The van der Waals surface area contributed by atoms with Gasteiger partial charge in [0.2, 0.25) is 5.91 Å². The Hall–Kier alpha value is -2.24. The summed E-state index contributed by atoms with van der Waals surface area (Å²) in [4.78, 5) is 23.7. The molecule has 0 saturated heterocycles. The average molecular weight is 351 g/mol.